The summed E-state index contributed by atoms with van der Waals surface area (Å²) in [6.07, 6.45) is 7.55. The van der Waals surface area contributed by atoms with Gasteiger partial charge in [-0.05, 0) is 70.7 Å². The molecule has 1 amide bonds. The van der Waals surface area contributed by atoms with Crippen molar-refractivity contribution in [3.8, 4) is 0 Å². The van der Waals surface area contributed by atoms with Crippen LogP contribution < -0.4 is 4.90 Å². The highest BCUT2D eigenvalue weighted by Gasteiger charge is 2.40. The first-order valence-corrected chi connectivity index (χ1v) is 13.0. The summed E-state index contributed by atoms with van der Waals surface area (Å²) in [6.45, 7) is 9.81. The SMILES string of the molecule is Cc1ncnc(C)c1C(=O)N1CCC(C)(N2CCC(N(c3ccccc3)c3ccccn3)CC2)CC1. The number of benzene rings is 1. The smallest absolute Gasteiger partial charge is 0.257 e. The lowest BCUT2D eigenvalue weighted by atomic mass is 9.85. The first-order valence-electron chi connectivity index (χ1n) is 13.0. The second-order valence-electron chi connectivity index (χ2n) is 10.3. The first kappa shape index (κ1) is 24.4. The van der Waals surface area contributed by atoms with Crippen molar-refractivity contribution in [3.63, 3.8) is 0 Å². The molecule has 0 atom stereocenters. The molecule has 0 unspecified atom stereocenters. The zero-order valence-corrected chi connectivity index (χ0v) is 21.6. The number of piperidine rings is 2. The van der Waals surface area contributed by atoms with Crippen molar-refractivity contribution < 1.29 is 4.79 Å². The normalized spacial score (nSPS) is 18.7. The number of rotatable bonds is 5. The third kappa shape index (κ3) is 4.85. The molecule has 7 nitrogen and oxygen atoms in total. The Balaban J connectivity index is 1.24. The highest BCUT2D eigenvalue weighted by atomic mass is 16.2. The second-order valence-corrected chi connectivity index (χ2v) is 10.3. The predicted molar refractivity (Wildman–Crippen MR) is 142 cm³/mol. The fourth-order valence-corrected chi connectivity index (χ4v) is 5.85. The zero-order valence-electron chi connectivity index (χ0n) is 21.6. The average molecular weight is 485 g/mol. The number of pyridine rings is 1. The fraction of sp³-hybridized carbons (Fsp3) is 0.448. The van der Waals surface area contributed by atoms with Crippen molar-refractivity contribution in [3.05, 3.63) is 78.0 Å². The van der Waals surface area contributed by atoms with Crippen molar-refractivity contribution >= 4 is 17.4 Å². The van der Waals surface area contributed by atoms with E-state index in [4.69, 9.17) is 0 Å². The molecule has 7 heteroatoms. The van der Waals surface area contributed by atoms with Crippen LogP contribution in [0.3, 0.4) is 0 Å². The standard InChI is InChI=1S/C29H36N6O/c1-22-27(23(2)32-21-31-22)28(36)33-19-14-29(3,15-20-33)34-17-12-25(13-18-34)35(24-9-5-4-6-10-24)26-11-7-8-16-30-26/h4-11,16,21,25H,12-15,17-20H2,1-3H3. The maximum atomic E-state index is 13.2. The summed E-state index contributed by atoms with van der Waals surface area (Å²) >= 11 is 0. The Labute approximate surface area is 214 Å². The molecular weight excluding hydrogens is 448 g/mol. The van der Waals surface area contributed by atoms with E-state index >= 15 is 0 Å². The van der Waals surface area contributed by atoms with Gasteiger partial charge < -0.3 is 9.80 Å². The van der Waals surface area contributed by atoms with Gasteiger partial charge >= 0.3 is 0 Å². The molecule has 2 saturated heterocycles. The number of hydrogen-bond donors (Lipinski definition) is 0. The largest absolute Gasteiger partial charge is 0.338 e. The average Bonchev–Trinajstić information content (AvgIpc) is 2.91. The van der Waals surface area contributed by atoms with Gasteiger partial charge in [0.05, 0.1) is 17.0 Å². The summed E-state index contributed by atoms with van der Waals surface area (Å²) < 4.78 is 0. The van der Waals surface area contributed by atoms with Crippen molar-refractivity contribution in [2.45, 2.75) is 58.0 Å². The molecule has 0 bridgehead atoms. The molecule has 2 aliphatic rings. The third-order valence-corrected chi connectivity index (χ3v) is 8.09. The number of para-hydroxylation sites is 1. The lowest BCUT2D eigenvalue weighted by Crippen LogP contribution is -2.58. The van der Waals surface area contributed by atoms with Crippen LogP contribution in [-0.4, -0.2) is 68.4 Å². The number of aryl methyl sites for hydroxylation is 2. The number of anilines is 2. The van der Waals surface area contributed by atoms with E-state index in [9.17, 15) is 4.79 Å². The minimum atomic E-state index is 0.0697. The number of aromatic nitrogens is 3. The molecule has 1 aromatic carbocycles. The van der Waals surface area contributed by atoms with Gasteiger partial charge in [0.25, 0.3) is 5.91 Å². The number of likely N-dealkylation sites (tertiary alicyclic amines) is 2. The molecule has 3 aromatic rings. The van der Waals surface area contributed by atoms with E-state index in [1.165, 1.54) is 12.0 Å². The van der Waals surface area contributed by atoms with E-state index in [0.717, 1.165) is 69.1 Å². The Kier molecular flexibility index (Phi) is 7.01. The topological polar surface area (TPSA) is 65.5 Å². The maximum Gasteiger partial charge on any atom is 0.257 e. The summed E-state index contributed by atoms with van der Waals surface area (Å²) in [7, 11) is 0. The Bertz CT molecular complexity index is 1110. The minimum absolute atomic E-state index is 0.0697. The lowest BCUT2D eigenvalue weighted by Gasteiger charge is -2.50. The summed E-state index contributed by atoms with van der Waals surface area (Å²) in [5.74, 6) is 1.08. The van der Waals surface area contributed by atoms with E-state index in [1.54, 1.807) is 0 Å². The molecule has 2 aromatic heterocycles. The van der Waals surface area contributed by atoms with Gasteiger partial charge in [-0.2, -0.15) is 0 Å². The highest BCUT2D eigenvalue weighted by Crippen LogP contribution is 2.35. The number of carbonyl (C=O) groups is 1. The fourth-order valence-electron chi connectivity index (χ4n) is 5.85. The maximum absolute atomic E-state index is 13.2. The summed E-state index contributed by atoms with van der Waals surface area (Å²) in [4.78, 5) is 33.5. The van der Waals surface area contributed by atoms with Crippen molar-refractivity contribution in [2.75, 3.05) is 31.1 Å². The van der Waals surface area contributed by atoms with Gasteiger partial charge in [0.15, 0.2) is 0 Å². The quantitative estimate of drug-likeness (QED) is 0.519. The van der Waals surface area contributed by atoms with E-state index in [0.29, 0.717) is 11.6 Å². The molecule has 0 radical (unpaired) electrons. The minimum Gasteiger partial charge on any atom is -0.338 e. The van der Waals surface area contributed by atoms with Crippen LogP contribution in [0.4, 0.5) is 11.5 Å². The highest BCUT2D eigenvalue weighted by molar-refractivity contribution is 5.96. The Morgan fingerprint density at radius 3 is 2.14 bits per heavy atom. The number of amides is 1. The summed E-state index contributed by atoms with van der Waals surface area (Å²) in [5, 5.41) is 0. The molecule has 36 heavy (non-hydrogen) atoms. The molecule has 4 heterocycles. The van der Waals surface area contributed by atoms with Gasteiger partial charge in [0, 0.05) is 49.6 Å². The monoisotopic (exact) mass is 484 g/mol. The van der Waals surface area contributed by atoms with Crippen LogP contribution in [0.1, 0.15) is 54.4 Å². The van der Waals surface area contributed by atoms with Gasteiger partial charge in [-0.3, -0.25) is 9.69 Å². The summed E-state index contributed by atoms with van der Waals surface area (Å²) in [6, 6.07) is 17.2. The molecule has 5 rings (SSSR count). The van der Waals surface area contributed by atoms with Gasteiger partial charge in [0.2, 0.25) is 0 Å². The van der Waals surface area contributed by atoms with E-state index < -0.39 is 0 Å². The molecule has 0 N–H and O–H groups in total. The number of carbonyl (C=O) groups excluding carboxylic acids is 1. The Morgan fingerprint density at radius 1 is 0.889 bits per heavy atom. The van der Waals surface area contributed by atoms with Gasteiger partial charge in [-0.25, -0.2) is 15.0 Å². The molecule has 0 spiro atoms. The molecule has 188 valence electrons. The zero-order chi connectivity index (χ0) is 25.1. The third-order valence-electron chi connectivity index (χ3n) is 8.09. The molecule has 0 saturated carbocycles. The lowest BCUT2D eigenvalue weighted by molar-refractivity contribution is 0.0176. The molecule has 2 aliphatic heterocycles. The van der Waals surface area contributed by atoms with Gasteiger partial charge in [0.1, 0.15) is 12.1 Å². The van der Waals surface area contributed by atoms with E-state index in [2.05, 4.69) is 74.1 Å². The van der Waals surface area contributed by atoms with E-state index in [1.807, 2.05) is 31.0 Å². The van der Waals surface area contributed by atoms with Crippen LogP contribution in [0.25, 0.3) is 0 Å². The van der Waals surface area contributed by atoms with Gasteiger partial charge in [-0.1, -0.05) is 24.3 Å². The molecular formula is C29H36N6O. The van der Waals surface area contributed by atoms with Crippen LogP contribution in [0.2, 0.25) is 0 Å². The van der Waals surface area contributed by atoms with E-state index in [-0.39, 0.29) is 11.4 Å². The second kappa shape index (κ2) is 10.3. The van der Waals surface area contributed by atoms with Crippen molar-refractivity contribution in [1.82, 2.24) is 24.8 Å². The first-order chi connectivity index (χ1) is 17.5. The van der Waals surface area contributed by atoms with Crippen LogP contribution in [0, 0.1) is 13.8 Å². The molecule has 0 aliphatic carbocycles. The van der Waals surface area contributed by atoms with Crippen LogP contribution in [0.15, 0.2) is 61.1 Å². The Morgan fingerprint density at radius 2 is 1.53 bits per heavy atom. The van der Waals surface area contributed by atoms with Gasteiger partial charge in [-0.15, -0.1) is 0 Å². The number of hydrogen-bond acceptors (Lipinski definition) is 6. The predicted octanol–water partition coefficient (Wildman–Crippen LogP) is 4.79. The van der Waals surface area contributed by atoms with Crippen molar-refractivity contribution in [2.24, 2.45) is 0 Å². The summed E-state index contributed by atoms with van der Waals surface area (Å²) in [5.41, 5.74) is 3.50. The molecule has 2 fully saturated rings. The van der Waals surface area contributed by atoms with Crippen LogP contribution >= 0.6 is 0 Å². The Hall–Kier alpha value is -3.32. The van der Waals surface area contributed by atoms with Crippen LogP contribution in [0.5, 0.6) is 0 Å². The van der Waals surface area contributed by atoms with Crippen LogP contribution in [-0.2, 0) is 0 Å². The number of nitrogens with zero attached hydrogens (tertiary/aromatic N) is 6. The van der Waals surface area contributed by atoms with Crippen molar-refractivity contribution in [1.29, 1.82) is 0 Å².